The molecule has 1 unspecified atom stereocenters. The first kappa shape index (κ1) is 15.4. The summed E-state index contributed by atoms with van der Waals surface area (Å²) in [5.74, 6) is 0. The second-order valence-corrected chi connectivity index (χ2v) is 5.27. The summed E-state index contributed by atoms with van der Waals surface area (Å²) in [7, 11) is 0. The zero-order valence-electron chi connectivity index (χ0n) is 12.2. The summed E-state index contributed by atoms with van der Waals surface area (Å²) >= 11 is 6.14. The molecule has 0 saturated carbocycles. The number of hydrogen-bond donors (Lipinski definition) is 1. The quantitative estimate of drug-likeness (QED) is 0.861. The first-order chi connectivity index (χ1) is 10.0. The van der Waals surface area contributed by atoms with Crippen LogP contribution in [0.25, 0.3) is 5.57 Å². The number of benzene rings is 1. The molecule has 1 atom stereocenters. The number of aliphatic imine (C=N–C) groups is 1. The van der Waals surface area contributed by atoms with Gasteiger partial charge in [-0.2, -0.15) is 0 Å². The number of nitrogens with zero attached hydrogens (tertiary/aromatic N) is 2. The van der Waals surface area contributed by atoms with Crippen molar-refractivity contribution in [1.82, 2.24) is 4.98 Å². The molecular formula is C17H18ClN3. The van der Waals surface area contributed by atoms with Crippen LogP contribution in [-0.4, -0.2) is 16.7 Å². The van der Waals surface area contributed by atoms with Crippen LogP contribution in [0.2, 0.25) is 5.02 Å². The fourth-order valence-corrected chi connectivity index (χ4v) is 2.13. The molecule has 2 N–H and O–H groups in total. The van der Waals surface area contributed by atoms with Crippen LogP contribution in [0.5, 0.6) is 0 Å². The molecule has 3 nitrogen and oxygen atoms in total. The summed E-state index contributed by atoms with van der Waals surface area (Å²) in [5, 5.41) is 0.684. The van der Waals surface area contributed by atoms with Crippen LogP contribution in [-0.2, 0) is 0 Å². The zero-order chi connectivity index (χ0) is 15.4. The molecule has 21 heavy (non-hydrogen) atoms. The summed E-state index contributed by atoms with van der Waals surface area (Å²) in [6.07, 6.45) is 1.73. The first-order valence-electron chi connectivity index (χ1n) is 6.70. The molecule has 0 bridgehead atoms. The van der Waals surface area contributed by atoms with Crippen molar-refractivity contribution in [2.75, 3.05) is 0 Å². The van der Waals surface area contributed by atoms with E-state index in [2.05, 4.69) is 16.6 Å². The Hall–Kier alpha value is -1.97. The van der Waals surface area contributed by atoms with Crippen LogP contribution in [0.1, 0.15) is 18.2 Å². The van der Waals surface area contributed by atoms with E-state index in [0.717, 1.165) is 22.5 Å². The van der Waals surface area contributed by atoms with Gasteiger partial charge in [-0.3, -0.25) is 9.98 Å². The lowest BCUT2D eigenvalue weighted by Crippen LogP contribution is -2.27. The molecule has 108 valence electrons. The Morgan fingerprint density at radius 3 is 2.67 bits per heavy atom. The third-order valence-electron chi connectivity index (χ3n) is 3.19. The number of nitrogens with two attached hydrogens (primary N) is 1. The molecule has 0 saturated heterocycles. The van der Waals surface area contributed by atoms with E-state index >= 15 is 0 Å². The smallest absolute Gasteiger partial charge is 0.0714 e. The van der Waals surface area contributed by atoms with Gasteiger partial charge < -0.3 is 5.73 Å². The van der Waals surface area contributed by atoms with Crippen LogP contribution < -0.4 is 5.73 Å². The summed E-state index contributed by atoms with van der Waals surface area (Å²) in [6.45, 7) is 7.90. The molecule has 2 rings (SSSR count). The monoisotopic (exact) mass is 299 g/mol. The molecule has 0 spiro atoms. The van der Waals surface area contributed by atoms with E-state index in [1.54, 1.807) is 6.20 Å². The number of aromatic nitrogens is 1. The van der Waals surface area contributed by atoms with Gasteiger partial charge in [0.25, 0.3) is 0 Å². The van der Waals surface area contributed by atoms with Gasteiger partial charge in [-0.05, 0) is 43.7 Å². The maximum atomic E-state index is 6.14. The molecule has 0 aliphatic heterocycles. The lowest BCUT2D eigenvalue weighted by molar-refractivity contribution is 0.978. The second-order valence-electron chi connectivity index (χ2n) is 4.86. The SMILES string of the molecule is C=C(/C(=N\c1cccc(Cl)c1C)C(C)N)c1ccccn1. The average molecular weight is 300 g/mol. The lowest BCUT2D eigenvalue weighted by Gasteiger charge is -2.14. The Labute approximate surface area is 130 Å². The lowest BCUT2D eigenvalue weighted by atomic mass is 10.0. The number of pyridine rings is 1. The Morgan fingerprint density at radius 2 is 2.05 bits per heavy atom. The molecule has 1 aromatic carbocycles. The van der Waals surface area contributed by atoms with Crippen LogP contribution in [0.3, 0.4) is 0 Å². The Balaban J connectivity index is 2.47. The topological polar surface area (TPSA) is 51.3 Å². The molecule has 4 heteroatoms. The van der Waals surface area contributed by atoms with Gasteiger partial charge in [0, 0.05) is 22.8 Å². The zero-order valence-corrected chi connectivity index (χ0v) is 12.9. The molecule has 0 radical (unpaired) electrons. The van der Waals surface area contributed by atoms with Gasteiger partial charge in [-0.15, -0.1) is 0 Å². The van der Waals surface area contributed by atoms with Crippen molar-refractivity contribution < 1.29 is 0 Å². The Kier molecular flexibility index (Phi) is 4.89. The maximum Gasteiger partial charge on any atom is 0.0714 e. The summed E-state index contributed by atoms with van der Waals surface area (Å²) in [6, 6.07) is 11.0. The van der Waals surface area contributed by atoms with Gasteiger partial charge >= 0.3 is 0 Å². The van der Waals surface area contributed by atoms with Gasteiger partial charge in [0.1, 0.15) is 0 Å². The van der Waals surface area contributed by atoms with E-state index in [0.29, 0.717) is 10.7 Å². The fraction of sp³-hybridized carbons (Fsp3) is 0.176. The minimum atomic E-state index is -0.252. The van der Waals surface area contributed by atoms with Crippen molar-refractivity contribution in [2.45, 2.75) is 19.9 Å². The predicted molar refractivity (Wildman–Crippen MR) is 90.2 cm³/mol. The Bertz CT molecular complexity index is 676. The van der Waals surface area contributed by atoms with Gasteiger partial charge in [0.15, 0.2) is 0 Å². The number of rotatable bonds is 4. The highest BCUT2D eigenvalue weighted by molar-refractivity contribution is 6.32. The molecular weight excluding hydrogens is 282 g/mol. The molecule has 0 aliphatic carbocycles. The highest BCUT2D eigenvalue weighted by Gasteiger charge is 2.14. The number of hydrogen-bond acceptors (Lipinski definition) is 3. The molecule has 0 fully saturated rings. The van der Waals surface area contributed by atoms with E-state index in [-0.39, 0.29) is 6.04 Å². The third kappa shape index (κ3) is 3.57. The van der Waals surface area contributed by atoms with E-state index in [1.807, 2.05) is 50.2 Å². The highest BCUT2D eigenvalue weighted by atomic mass is 35.5. The summed E-state index contributed by atoms with van der Waals surface area (Å²) in [5.41, 5.74) is 9.98. The first-order valence-corrected chi connectivity index (χ1v) is 7.08. The second kappa shape index (κ2) is 6.66. The van der Waals surface area contributed by atoms with Gasteiger partial charge in [-0.25, -0.2) is 0 Å². The molecule has 1 aromatic heterocycles. The fourth-order valence-electron chi connectivity index (χ4n) is 1.96. The minimum Gasteiger partial charge on any atom is -0.323 e. The highest BCUT2D eigenvalue weighted by Crippen LogP contribution is 2.27. The normalized spacial score (nSPS) is 13.0. The van der Waals surface area contributed by atoms with Crippen LogP contribution in [0.4, 0.5) is 5.69 Å². The van der Waals surface area contributed by atoms with E-state index < -0.39 is 0 Å². The maximum absolute atomic E-state index is 6.14. The van der Waals surface area contributed by atoms with E-state index in [1.165, 1.54) is 0 Å². The standard InChI is InChI=1S/C17H18ClN3/c1-11-14(18)7-6-9-16(11)21-17(13(3)19)12(2)15-8-4-5-10-20-15/h4-10,13H,2,19H2,1,3H3/b21-17+. The van der Waals surface area contributed by atoms with Crippen LogP contribution in [0.15, 0.2) is 54.2 Å². The Morgan fingerprint density at radius 1 is 1.29 bits per heavy atom. The van der Waals surface area contributed by atoms with E-state index in [4.69, 9.17) is 17.3 Å². The van der Waals surface area contributed by atoms with Gasteiger partial charge in [0.2, 0.25) is 0 Å². The molecule has 0 aliphatic rings. The van der Waals surface area contributed by atoms with Crippen molar-refractivity contribution in [2.24, 2.45) is 10.7 Å². The van der Waals surface area contributed by atoms with Crippen molar-refractivity contribution in [3.05, 3.63) is 65.5 Å². The van der Waals surface area contributed by atoms with E-state index in [9.17, 15) is 0 Å². The van der Waals surface area contributed by atoms with Gasteiger partial charge in [0.05, 0.1) is 17.1 Å². The molecule has 2 aromatic rings. The largest absolute Gasteiger partial charge is 0.323 e. The van der Waals surface area contributed by atoms with Crippen molar-refractivity contribution in [1.29, 1.82) is 0 Å². The molecule has 0 amide bonds. The van der Waals surface area contributed by atoms with Crippen LogP contribution in [0, 0.1) is 6.92 Å². The minimum absolute atomic E-state index is 0.252. The average Bonchev–Trinajstić information content (AvgIpc) is 2.48. The van der Waals surface area contributed by atoms with Crippen LogP contribution >= 0.6 is 11.6 Å². The van der Waals surface area contributed by atoms with Crippen molar-refractivity contribution in [3.8, 4) is 0 Å². The third-order valence-corrected chi connectivity index (χ3v) is 3.60. The number of halogens is 1. The summed E-state index contributed by atoms with van der Waals surface area (Å²) in [4.78, 5) is 8.96. The predicted octanol–water partition coefficient (Wildman–Crippen LogP) is 4.18. The van der Waals surface area contributed by atoms with Crippen molar-refractivity contribution >= 4 is 28.6 Å². The molecule has 1 heterocycles. The summed E-state index contributed by atoms with van der Waals surface area (Å²) < 4.78 is 0. The van der Waals surface area contributed by atoms with Crippen molar-refractivity contribution in [3.63, 3.8) is 0 Å². The van der Waals surface area contributed by atoms with Gasteiger partial charge in [-0.1, -0.05) is 30.3 Å².